The van der Waals surface area contributed by atoms with E-state index in [1.165, 1.54) is 23.1 Å². The third kappa shape index (κ3) is 6.46. The van der Waals surface area contributed by atoms with Crippen LogP contribution in [0.25, 0.3) is 10.2 Å². The largest absolute Gasteiger partial charge is 0.462 e. The molecule has 0 atom stereocenters. The molecular formula is C26H23N3O4S2. The Morgan fingerprint density at radius 3 is 2.46 bits per heavy atom. The van der Waals surface area contributed by atoms with E-state index in [9.17, 15) is 14.4 Å². The lowest BCUT2D eigenvalue weighted by atomic mass is 10.1. The van der Waals surface area contributed by atoms with Crippen LogP contribution in [0.4, 0.5) is 11.4 Å². The summed E-state index contributed by atoms with van der Waals surface area (Å²) in [5.74, 6) is -0.547. The normalized spacial score (nSPS) is 10.7. The van der Waals surface area contributed by atoms with E-state index in [0.717, 1.165) is 20.1 Å². The first kappa shape index (κ1) is 24.4. The summed E-state index contributed by atoms with van der Waals surface area (Å²) in [4.78, 5) is 41.2. The van der Waals surface area contributed by atoms with Crippen molar-refractivity contribution in [3.63, 3.8) is 0 Å². The highest BCUT2D eigenvalue weighted by Gasteiger charge is 2.12. The maximum Gasteiger partial charge on any atom is 0.338 e. The molecule has 0 spiro atoms. The van der Waals surface area contributed by atoms with Gasteiger partial charge in [0.2, 0.25) is 5.91 Å². The minimum absolute atomic E-state index is 0.167. The zero-order chi connectivity index (χ0) is 24.8. The van der Waals surface area contributed by atoms with Gasteiger partial charge in [-0.05, 0) is 68.4 Å². The molecule has 0 fully saturated rings. The number of aromatic nitrogens is 1. The van der Waals surface area contributed by atoms with Gasteiger partial charge in [0, 0.05) is 16.9 Å². The van der Waals surface area contributed by atoms with Gasteiger partial charge in [0.1, 0.15) is 0 Å². The first-order chi connectivity index (χ1) is 16.9. The second-order valence-electron chi connectivity index (χ2n) is 7.62. The van der Waals surface area contributed by atoms with Gasteiger partial charge in [-0.25, -0.2) is 9.78 Å². The number of thiazole rings is 1. The lowest BCUT2D eigenvalue weighted by Crippen LogP contribution is -2.14. The number of anilines is 2. The monoisotopic (exact) mass is 505 g/mol. The Kier molecular flexibility index (Phi) is 7.79. The summed E-state index contributed by atoms with van der Waals surface area (Å²) in [7, 11) is 0. The molecule has 3 aromatic carbocycles. The lowest BCUT2D eigenvalue weighted by molar-refractivity contribution is -0.113. The molecule has 2 N–H and O–H groups in total. The molecule has 178 valence electrons. The van der Waals surface area contributed by atoms with Crippen molar-refractivity contribution < 1.29 is 19.1 Å². The number of nitrogens with one attached hydrogen (secondary N) is 2. The number of carbonyl (C=O) groups excluding carboxylic acids is 3. The predicted molar refractivity (Wildman–Crippen MR) is 141 cm³/mol. The number of nitrogens with zero attached hydrogens (tertiary/aromatic N) is 1. The SMILES string of the molecule is CCOC(=O)c1ccc(NC(=O)CSc2nc3ccc(NC(=O)c4cccc(C)c4)cc3s2)cc1. The molecule has 4 rings (SSSR count). The Hall–Kier alpha value is -3.69. The molecular weight excluding hydrogens is 482 g/mol. The summed E-state index contributed by atoms with van der Waals surface area (Å²) in [5.41, 5.74) is 4.15. The van der Waals surface area contributed by atoms with E-state index >= 15 is 0 Å². The van der Waals surface area contributed by atoms with Gasteiger partial charge in [0.25, 0.3) is 5.91 Å². The van der Waals surface area contributed by atoms with E-state index in [4.69, 9.17) is 4.74 Å². The Morgan fingerprint density at radius 1 is 0.943 bits per heavy atom. The quantitative estimate of drug-likeness (QED) is 0.233. The van der Waals surface area contributed by atoms with Crippen LogP contribution in [0.1, 0.15) is 33.2 Å². The van der Waals surface area contributed by atoms with Crippen LogP contribution in [-0.4, -0.2) is 35.1 Å². The summed E-state index contributed by atoms with van der Waals surface area (Å²) in [6.07, 6.45) is 0. The van der Waals surface area contributed by atoms with Crippen LogP contribution in [0.3, 0.4) is 0 Å². The molecule has 0 saturated heterocycles. The number of amides is 2. The van der Waals surface area contributed by atoms with Crippen molar-refractivity contribution in [2.75, 3.05) is 23.0 Å². The van der Waals surface area contributed by atoms with Crippen LogP contribution in [0.2, 0.25) is 0 Å². The molecule has 0 bridgehead atoms. The highest BCUT2D eigenvalue weighted by molar-refractivity contribution is 8.01. The van der Waals surface area contributed by atoms with Crippen LogP contribution in [0, 0.1) is 6.92 Å². The zero-order valence-electron chi connectivity index (χ0n) is 19.2. The van der Waals surface area contributed by atoms with E-state index in [1.807, 2.05) is 43.3 Å². The van der Waals surface area contributed by atoms with Gasteiger partial charge in [-0.15, -0.1) is 11.3 Å². The second-order valence-corrected chi connectivity index (χ2v) is 9.87. The van der Waals surface area contributed by atoms with Gasteiger partial charge in [0.05, 0.1) is 28.1 Å². The molecule has 7 nitrogen and oxygen atoms in total. The van der Waals surface area contributed by atoms with Crippen molar-refractivity contribution in [2.24, 2.45) is 0 Å². The highest BCUT2D eigenvalue weighted by Crippen LogP contribution is 2.31. The van der Waals surface area contributed by atoms with E-state index in [2.05, 4.69) is 15.6 Å². The number of benzene rings is 3. The summed E-state index contributed by atoms with van der Waals surface area (Å²) in [6.45, 7) is 4.00. The molecule has 0 aliphatic carbocycles. The molecule has 1 aromatic heterocycles. The number of carbonyl (C=O) groups is 3. The van der Waals surface area contributed by atoms with Gasteiger partial charge < -0.3 is 15.4 Å². The first-order valence-corrected chi connectivity index (χ1v) is 12.7. The molecule has 0 radical (unpaired) electrons. The second kappa shape index (κ2) is 11.2. The summed E-state index contributed by atoms with van der Waals surface area (Å²) < 4.78 is 6.64. The average molecular weight is 506 g/mol. The van der Waals surface area contributed by atoms with Crippen molar-refractivity contribution >= 4 is 62.5 Å². The Morgan fingerprint density at radius 2 is 1.71 bits per heavy atom. The van der Waals surface area contributed by atoms with E-state index in [-0.39, 0.29) is 17.6 Å². The maximum absolute atomic E-state index is 12.5. The van der Waals surface area contributed by atoms with Crippen molar-refractivity contribution in [1.82, 2.24) is 4.98 Å². The number of ether oxygens (including phenoxy) is 1. The van der Waals surface area contributed by atoms with Gasteiger partial charge in [-0.2, -0.15) is 0 Å². The summed E-state index contributed by atoms with van der Waals surface area (Å²) in [6, 6.07) is 19.5. The average Bonchev–Trinajstić information content (AvgIpc) is 3.25. The molecule has 0 saturated carbocycles. The Balaban J connectivity index is 1.33. The number of fused-ring (bicyclic) bond motifs is 1. The van der Waals surface area contributed by atoms with Gasteiger partial charge in [-0.1, -0.05) is 29.5 Å². The number of aryl methyl sites for hydroxylation is 1. The smallest absolute Gasteiger partial charge is 0.338 e. The van der Waals surface area contributed by atoms with Crippen molar-refractivity contribution in [2.45, 2.75) is 18.2 Å². The topological polar surface area (TPSA) is 97.4 Å². The van der Waals surface area contributed by atoms with Crippen LogP contribution < -0.4 is 10.6 Å². The van der Waals surface area contributed by atoms with Crippen LogP contribution >= 0.6 is 23.1 Å². The predicted octanol–water partition coefficient (Wildman–Crippen LogP) is 5.76. The number of esters is 1. The standard InChI is InChI=1S/C26H23N3O4S2/c1-3-33-25(32)17-7-9-19(10-8-17)27-23(30)15-34-26-29-21-12-11-20(14-22(21)35-26)28-24(31)18-6-4-5-16(2)13-18/h4-14H,3,15H2,1-2H3,(H,27,30)(H,28,31). The summed E-state index contributed by atoms with van der Waals surface area (Å²) in [5, 5.41) is 5.73. The first-order valence-electron chi connectivity index (χ1n) is 10.9. The van der Waals surface area contributed by atoms with Crippen molar-refractivity contribution in [1.29, 1.82) is 0 Å². The third-order valence-corrected chi connectivity index (χ3v) is 7.07. The summed E-state index contributed by atoms with van der Waals surface area (Å²) >= 11 is 2.80. The fourth-order valence-electron chi connectivity index (χ4n) is 3.26. The Labute approximate surface area is 210 Å². The van der Waals surface area contributed by atoms with Gasteiger partial charge >= 0.3 is 5.97 Å². The minimum atomic E-state index is -0.394. The van der Waals surface area contributed by atoms with Crippen molar-refractivity contribution in [3.05, 3.63) is 83.4 Å². The molecule has 0 aliphatic heterocycles. The van der Waals surface area contributed by atoms with Crippen molar-refractivity contribution in [3.8, 4) is 0 Å². The maximum atomic E-state index is 12.5. The number of hydrogen-bond acceptors (Lipinski definition) is 7. The molecule has 4 aromatic rings. The molecule has 0 aliphatic rings. The van der Waals surface area contributed by atoms with Crippen LogP contribution in [-0.2, 0) is 9.53 Å². The molecule has 0 unspecified atom stereocenters. The zero-order valence-corrected chi connectivity index (χ0v) is 20.8. The molecule has 1 heterocycles. The fourth-order valence-corrected chi connectivity index (χ4v) is 5.17. The minimum Gasteiger partial charge on any atom is -0.462 e. The van der Waals surface area contributed by atoms with E-state index in [1.54, 1.807) is 37.3 Å². The molecule has 35 heavy (non-hydrogen) atoms. The Bertz CT molecular complexity index is 1380. The fraction of sp³-hybridized carbons (Fsp3) is 0.154. The van der Waals surface area contributed by atoms with Crippen LogP contribution in [0.5, 0.6) is 0 Å². The highest BCUT2D eigenvalue weighted by atomic mass is 32.2. The van der Waals surface area contributed by atoms with Crippen LogP contribution in [0.15, 0.2) is 71.1 Å². The molecule has 9 heteroatoms. The lowest BCUT2D eigenvalue weighted by Gasteiger charge is -2.06. The van der Waals surface area contributed by atoms with Gasteiger partial charge in [0.15, 0.2) is 4.34 Å². The third-order valence-electron chi connectivity index (χ3n) is 4.91. The van der Waals surface area contributed by atoms with Gasteiger partial charge in [-0.3, -0.25) is 9.59 Å². The van der Waals surface area contributed by atoms with E-state index < -0.39 is 5.97 Å². The molecule has 2 amide bonds. The number of rotatable bonds is 8. The van der Waals surface area contributed by atoms with E-state index in [0.29, 0.717) is 29.1 Å². The number of hydrogen-bond donors (Lipinski definition) is 2. The number of thioether (sulfide) groups is 1.